The molecular weight excluding hydrogens is 752 g/mol. The molecule has 3 aromatic rings. The summed E-state index contributed by atoms with van der Waals surface area (Å²) < 4.78 is 176. The average molecular weight is 763 g/mol. The van der Waals surface area contributed by atoms with E-state index in [1.54, 1.807) is 5.32 Å². The highest BCUT2D eigenvalue weighted by Gasteiger charge is 2.73. The van der Waals surface area contributed by atoms with Crippen molar-refractivity contribution < 1.29 is 71.4 Å². The molecule has 2 N–H and O–H groups in total. The SMILES string of the molecule is O=C(Nc1cccc(C(=O)Nc2c(I)cc(C(F)(C(F)(F)F)C(F)(F)F)cc2OC(F)F)c1F)c1ccc(C(F)(F)F)nc1. The molecule has 1 heterocycles. The van der Waals surface area contributed by atoms with Crippen LogP contribution in [-0.4, -0.2) is 35.8 Å². The number of benzene rings is 2. The van der Waals surface area contributed by atoms with Crippen LogP contribution < -0.4 is 15.4 Å². The molecular formula is C24H11F13IN3O3. The van der Waals surface area contributed by atoms with Gasteiger partial charge in [-0.15, -0.1) is 0 Å². The van der Waals surface area contributed by atoms with Crippen molar-refractivity contribution in [1.82, 2.24) is 4.98 Å². The van der Waals surface area contributed by atoms with Crippen LogP contribution >= 0.6 is 22.6 Å². The van der Waals surface area contributed by atoms with Gasteiger partial charge in [0.2, 0.25) is 0 Å². The Morgan fingerprint density at radius 1 is 0.841 bits per heavy atom. The van der Waals surface area contributed by atoms with Gasteiger partial charge in [0.25, 0.3) is 11.8 Å². The molecule has 0 aliphatic rings. The van der Waals surface area contributed by atoms with Crippen LogP contribution in [-0.2, 0) is 11.8 Å². The Morgan fingerprint density at radius 3 is 1.95 bits per heavy atom. The predicted molar refractivity (Wildman–Crippen MR) is 132 cm³/mol. The van der Waals surface area contributed by atoms with Gasteiger partial charge in [0.05, 0.1) is 22.5 Å². The van der Waals surface area contributed by atoms with E-state index in [0.717, 1.165) is 40.8 Å². The summed E-state index contributed by atoms with van der Waals surface area (Å²) in [5, 5.41) is 3.72. The number of aromatic nitrogens is 1. The highest BCUT2D eigenvalue weighted by Crippen LogP contribution is 2.54. The number of ether oxygens (including phenoxy) is 1. The highest BCUT2D eigenvalue weighted by molar-refractivity contribution is 14.1. The first kappa shape index (κ1) is 34.6. The number of pyridine rings is 1. The quantitative estimate of drug-likeness (QED) is 0.188. The minimum atomic E-state index is -6.62. The molecule has 0 aliphatic heterocycles. The van der Waals surface area contributed by atoms with E-state index in [-0.39, 0.29) is 12.1 Å². The topological polar surface area (TPSA) is 80.3 Å². The molecule has 0 bridgehead atoms. The minimum absolute atomic E-state index is 0.0550. The molecule has 2 aromatic carbocycles. The second kappa shape index (κ2) is 12.3. The highest BCUT2D eigenvalue weighted by atomic mass is 127. The van der Waals surface area contributed by atoms with Gasteiger partial charge in [-0.1, -0.05) is 6.07 Å². The van der Waals surface area contributed by atoms with Gasteiger partial charge >= 0.3 is 30.8 Å². The Labute approximate surface area is 249 Å². The van der Waals surface area contributed by atoms with Crippen LogP contribution in [0.5, 0.6) is 5.75 Å². The van der Waals surface area contributed by atoms with E-state index in [9.17, 15) is 62.3 Å². The zero-order valence-corrected chi connectivity index (χ0v) is 22.8. The Kier molecular flexibility index (Phi) is 9.66. The smallest absolute Gasteiger partial charge is 0.433 e. The third kappa shape index (κ3) is 7.09. The number of anilines is 2. The zero-order valence-electron chi connectivity index (χ0n) is 20.7. The average Bonchev–Trinajstić information content (AvgIpc) is 2.89. The Bertz CT molecular complexity index is 1540. The van der Waals surface area contributed by atoms with Crippen molar-refractivity contribution in [3.05, 3.63) is 80.4 Å². The molecule has 3 rings (SSSR count). The van der Waals surface area contributed by atoms with Crippen molar-refractivity contribution in [3.8, 4) is 5.75 Å². The van der Waals surface area contributed by atoms with E-state index in [1.807, 2.05) is 5.32 Å². The molecule has 1 aromatic heterocycles. The summed E-state index contributed by atoms with van der Waals surface area (Å²) in [6.45, 7) is -3.91. The van der Waals surface area contributed by atoms with Crippen molar-refractivity contribution in [2.75, 3.05) is 10.6 Å². The lowest BCUT2D eigenvalue weighted by molar-refractivity contribution is -0.348. The number of amides is 2. The summed E-state index contributed by atoms with van der Waals surface area (Å²) in [4.78, 5) is 28.2. The molecule has 20 heteroatoms. The first-order valence-electron chi connectivity index (χ1n) is 11.1. The number of rotatable bonds is 7. The van der Waals surface area contributed by atoms with E-state index in [0.29, 0.717) is 18.3 Å². The van der Waals surface area contributed by atoms with Crippen LogP contribution in [0.3, 0.4) is 0 Å². The van der Waals surface area contributed by atoms with E-state index < -0.39 is 91.5 Å². The number of alkyl halides is 12. The minimum Gasteiger partial charge on any atom is -0.433 e. The number of hydrogen-bond donors (Lipinski definition) is 2. The number of carbonyl (C=O) groups is 2. The normalized spacial score (nSPS) is 12.7. The summed E-state index contributed by atoms with van der Waals surface area (Å²) in [6.07, 6.45) is -17.5. The van der Waals surface area contributed by atoms with Crippen molar-refractivity contribution in [2.45, 2.75) is 30.8 Å². The van der Waals surface area contributed by atoms with Gasteiger partial charge in [-0.3, -0.25) is 14.6 Å². The largest absolute Gasteiger partial charge is 0.435 e. The number of nitrogens with one attached hydrogen (secondary N) is 2. The number of carbonyl (C=O) groups excluding carboxylic acids is 2. The maximum Gasteiger partial charge on any atom is 0.435 e. The maximum atomic E-state index is 15.1. The molecule has 6 nitrogen and oxygen atoms in total. The van der Waals surface area contributed by atoms with E-state index in [2.05, 4.69) is 9.72 Å². The zero-order chi connectivity index (χ0) is 33.4. The first-order chi connectivity index (χ1) is 20.1. The molecule has 0 aliphatic carbocycles. The molecule has 0 atom stereocenters. The Hall–Kier alpha value is -3.85. The van der Waals surface area contributed by atoms with E-state index >= 15 is 4.39 Å². The molecule has 44 heavy (non-hydrogen) atoms. The summed E-state index contributed by atoms with van der Waals surface area (Å²) >= 11 is 0.984. The van der Waals surface area contributed by atoms with Crippen molar-refractivity contribution in [3.63, 3.8) is 0 Å². The van der Waals surface area contributed by atoms with Gasteiger partial charge in [-0.25, -0.2) is 8.78 Å². The first-order valence-corrected chi connectivity index (χ1v) is 12.2. The molecule has 0 saturated carbocycles. The van der Waals surface area contributed by atoms with E-state index in [1.165, 1.54) is 0 Å². The molecule has 0 spiro atoms. The van der Waals surface area contributed by atoms with Crippen molar-refractivity contribution >= 4 is 45.8 Å². The number of halogens is 14. The van der Waals surface area contributed by atoms with Gasteiger partial charge in [0.1, 0.15) is 5.69 Å². The lowest BCUT2D eigenvalue weighted by atomic mass is 9.93. The van der Waals surface area contributed by atoms with Crippen LogP contribution in [0.15, 0.2) is 48.7 Å². The monoisotopic (exact) mass is 763 g/mol. The molecule has 0 unspecified atom stereocenters. The lowest BCUT2D eigenvalue weighted by Gasteiger charge is -2.31. The molecule has 0 saturated heterocycles. The van der Waals surface area contributed by atoms with Crippen LogP contribution in [0.25, 0.3) is 0 Å². The molecule has 0 radical (unpaired) electrons. The summed E-state index contributed by atoms with van der Waals surface area (Å²) in [5.41, 5.74) is -12.8. The van der Waals surface area contributed by atoms with Gasteiger partial charge in [-0.2, -0.15) is 48.3 Å². The van der Waals surface area contributed by atoms with Crippen LogP contribution in [0.2, 0.25) is 0 Å². The fourth-order valence-electron chi connectivity index (χ4n) is 3.45. The Balaban J connectivity index is 1.97. The van der Waals surface area contributed by atoms with Gasteiger partial charge in [-0.05, 0) is 59.0 Å². The second-order valence-corrected chi connectivity index (χ2v) is 9.53. The number of hydrogen-bond acceptors (Lipinski definition) is 4. The lowest BCUT2D eigenvalue weighted by Crippen LogP contribution is -2.50. The van der Waals surface area contributed by atoms with Crippen LogP contribution in [0, 0.1) is 9.39 Å². The summed E-state index contributed by atoms with van der Waals surface area (Å²) in [7, 11) is 0. The van der Waals surface area contributed by atoms with Gasteiger partial charge < -0.3 is 15.4 Å². The molecule has 2 amide bonds. The summed E-state index contributed by atoms with van der Waals surface area (Å²) in [5.74, 6) is -5.81. The fourth-order valence-corrected chi connectivity index (χ4v) is 4.19. The number of nitrogens with zero attached hydrogens (tertiary/aromatic N) is 1. The van der Waals surface area contributed by atoms with Crippen molar-refractivity contribution in [2.24, 2.45) is 0 Å². The van der Waals surface area contributed by atoms with Crippen molar-refractivity contribution in [1.29, 1.82) is 0 Å². The summed E-state index contributed by atoms with van der Waals surface area (Å²) in [6, 6.07) is 3.36. The molecule has 0 fully saturated rings. The predicted octanol–water partition coefficient (Wildman–Crippen LogP) is 8.24. The third-order valence-electron chi connectivity index (χ3n) is 5.50. The third-order valence-corrected chi connectivity index (χ3v) is 6.35. The van der Waals surface area contributed by atoms with E-state index in [4.69, 9.17) is 0 Å². The van der Waals surface area contributed by atoms with Crippen LogP contribution in [0.1, 0.15) is 32.0 Å². The Morgan fingerprint density at radius 2 is 1.45 bits per heavy atom. The standard InChI is InChI=1S/C24H11F13IN3O3/c25-16-11(2-1-3-13(16)40-18(42)9-4-5-15(39-8-9)22(29,30)31)19(43)41-17-12(38)6-10(7-14(17)44-20(26)27)21(28,23(32,33)34)24(35,36)37/h1-8,20H,(H,40,42)(H,41,43). The second-order valence-electron chi connectivity index (χ2n) is 8.37. The van der Waals surface area contributed by atoms with Gasteiger partial charge in [0.15, 0.2) is 11.6 Å². The van der Waals surface area contributed by atoms with Crippen LogP contribution in [0.4, 0.5) is 68.5 Å². The molecule has 238 valence electrons. The van der Waals surface area contributed by atoms with Gasteiger partial charge in [0, 0.05) is 15.3 Å². The maximum absolute atomic E-state index is 15.1. The fraction of sp³-hybridized carbons (Fsp3) is 0.208.